The summed E-state index contributed by atoms with van der Waals surface area (Å²) >= 11 is 0. The van der Waals surface area contributed by atoms with Gasteiger partial charge in [-0.1, -0.05) is 0 Å². The van der Waals surface area contributed by atoms with Crippen LogP contribution in [0.1, 0.15) is 38.5 Å². The van der Waals surface area contributed by atoms with Crippen LogP contribution in [0.3, 0.4) is 0 Å². The Morgan fingerprint density at radius 3 is 2.65 bits per heavy atom. The van der Waals surface area contributed by atoms with Gasteiger partial charge in [-0.2, -0.15) is 0 Å². The molecule has 0 aromatic heterocycles. The minimum absolute atomic E-state index is 0.291. The smallest absolute Gasteiger partial charge is 0.223 e. The molecular weight excluding hydrogens is 214 g/mol. The summed E-state index contributed by atoms with van der Waals surface area (Å²) < 4.78 is 5.54. The van der Waals surface area contributed by atoms with Crippen LogP contribution in [0.15, 0.2) is 0 Å². The van der Waals surface area contributed by atoms with E-state index in [1.807, 2.05) is 0 Å². The summed E-state index contributed by atoms with van der Waals surface area (Å²) in [4.78, 5) is 11.8. The molecule has 0 spiro atoms. The fraction of sp³-hybridized carbons (Fsp3) is 0.929. The molecule has 0 radical (unpaired) electrons. The Morgan fingerprint density at radius 1 is 1.18 bits per heavy atom. The van der Waals surface area contributed by atoms with Gasteiger partial charge < -0.3 is 10.1 Å². The van der Waals surface area contributed by atoms with Gasteiger partial charge in [-0.15, -0.1) is 0 Å². The molecule has 0 saturated heterocycles. The van der Waals surface area contributed by atoms with Gasteiger partial charge in [-0.05, 0) is 56.3 Å². The Morgan fingerprint density at radius 2 is 1.94 bits per heavy atom. The van der Waals surface area contributed by atoms with E-state index >= 15 is 0 Å². The molecule has 1 N–H and O–H groups in total. The van der Waals surface area contributed by atoms with Gasteiger partial charge in [0.05, 0.1) is 0 Å². The number of hydrogen-bond acceptors (Lipinski definition) is 2. The monoisotopic (exact) mass is 237 g/mol. The van der Waals surface area contributed by atoms with Gasteiger partial charge in [0.15, 0.2) is 0 Å². The first-order valence-electron chi connectivity index (χ1n) is 7.18. The van der Waals surface area contributed by atoms with Crippen molar-refractivity contribution in [1.29, 1.82) is 0 Å². The molecule has 2 unspecified atom stereocenters. The third-order valence-corrected chi connectivity index (χ3v) is 4.43. The standard InChI is InChI=1S/C14H23NO2/c16-14(13-7-11-6-12(11)8-13)15-4-1-5-17-9-10-2-3-10/h10-13H,1-9H2,(H,15,16). The third-order valence-electron chi connectivity index (χ3n) is 4.43. The topological polar surface area (TPSA) is 38.3 Å². The fourth-order valence-corrected chi connectivity index (χ4v) is 2.99. The summed E-state index contributed by atoms with van der Waals surface area (Å²) in [5.74, 6) is 3.25. The number of amides is 1. The Labute approximate surface area is 103 Å². The summed E-state index contributed by atoms with van der Waals surface area (Å²) in [6.07, 6.45) is 7.34. The van der Waals surface area contributed by atoms with Crippen molar-refractivity contribution < 1.29 is 9.53 Å². The van der Waals surface area contributed by atoms with Gasteiger partial charge in [0.2, 0.25) is 5.91 Å². The molecule has 3 fully saturated rings. The van der Waals surface area contributed by atoms with Gasteiger partial charge in [-0.3, -0.25) is 4.79 Å². The molecule has 0 aromatic carbocycles. The van der Waals surface area contributed by atoms with Crippen molar-refractivity contribution in [3.05, 3.63) is 0 Å². The number of rotatable bonds is 7. The lowest BCUT2D eigenvalue weighted by molar-refractivity contribution is -0.125. The average Bonchev–Trinajstić information content (AvgIpc) is 3.24. The van der Waals surface area contributed by atoms with Crippen LogP contribution in [0.2, 0.25) is 0 Å². The fourth-order valence-electron chi connectivity index (χ4n) is 2.99. The van der Waals surface area contributed by atoms with Crippen LogP contribution in [-0.4, -0.2) is 25.7 Å². The molecule has 1 amide bonds. The second kappa shape index (κ2) is 4.97. The SMILES string of the molecule is O=C(NCCCOCC1CC1)C1CC2CC2C1. The zero-order valence-corrected chi connectivity index (χ0v) is 10.5. The number of ether oxygens (including phenoxy) is 1. The maximum Gasteiger partial charge on any atom is 0.223 e. The molecule has 96 valence electrons. The summed E-state index contributed by atoms with van der Waals surface area (Å²) in [6.45, 7) is 2.52. The van der Waals surface area contributed by atoms with E-state index in [1.165, 1.54) is 19.3 Å². The first-order chi connectivity index (χ1) is 8.33. The average molecular weight is 237 g/mol. The lowest BCUT2D eigenvalue weighted by Crippen LogP contribution is -2.31. The lowest BCUT2D eigenvalue weighted by Gasteiger charge is -2.12. The second-order valence-electron chi connectivity index (χ2n) is 6.09. The number of carbonyl (C=O) groups is 1. The van der Waals surface area contributed by atoms with Crippen LogP contribution in [0.5, 0.6) is 0 Å². The van der Waals surface area contributed by atoms with Crippen molar-refractivity contribution >= 4 is 5.91 Å². The second-order valence-corrected chi connectivity index (χ2v) is 6.09. The van der Waals surface area contributed by atoms with Crippen molar-refractivity contribution in [1.82, 2.24) is 5.32 Å². The minimum Gasteiger partial charge on any atom is -0.381 e. The quantitative estimate of drug-likeness (QED) is 0.687. The van der Waals surface area contributed by atoms with Gasteiger partial charge >= 0.3 is 0 Å². The molecule has 0 heterocycles. The van der Waals surface area contributed by atoms with Crippen molar-refractivity contribution in [3.8, 4) is 0 Å². The first-order valence-corrected chi connectivity index (χ1v) is 7.18. The van der Waals surface area contributed by atoms with Crippen molar-refractivity contribution in [3.63, 3.8) is 0 Å². The Kier molecular flexibility index (Phi) is 3.37. The summed E-state index contributed by atoms with van der Waals surface area (Å²) in [5, 5.41) is 3.05. The van der Waals surface area contributed by atoms with E-state index in [1.54, 1.807) is 0 Å². The predicted molar refractivity (Wildman–Crippen MR) is 65.5 cm³/mol. The van der Waals surface area contributed by atoms with Gasteiger partial charge in [0.1, 0.15) is 0 Å². The highest BCUT2D eigenvalue weighted by Crippen LogP contribution is 2.54. The first kappa shape index (κ1) is 11.5. The Balaban J connectivity index is 1.20. The van der Waals surface area contributed by atoms with E-state index in [4.69, 9.17) is 4.74 Å². The number of hydrogen-bond donors (Lipinski definition) is 1. The van der Waals surface area contributed by atoms with Crippen LogP contribution in [0, 0.1) is 23.7 Å². The number of nitrogens with one attached hydrogen (secondary N) is 1. The molecule has 17 heavy (non-hydrogen) atoms. The maximum atomic E-state index is 11.8. The van der Waals surface area contributed by atoms with Crippen molar-refractivity contribution in [2.24, 2.45) is 23.7 Å². The van der Waals surface area contributed by atoms with E-state index in [9.17, 15) is 4.79 Å². The predicted octanol–water partition coefficient (Wildman–Crippen LogP) is 1.97. The number of fused-ring (bicyclic) bond motifs is 1. The molecule has 3 aliphatic carbocycles. The van der Waals surface area contributed by atoms with Crippen LogP contribution in [0.25, 0.3) is 0 Å². The van der Waals surface area contributed by atoms with E-state index in [0.29, 0.717) is 11.8 Å². The highest BCUT2D eigenvalue weighted by Gasteiger charge is 2.47. The van der Waals surface area contributed by atoms with E-state index in [2.05, 4.69) is 5.32 Å². The minimum atomic E-state index is 0.291. The molecule has 2 atom stereocenters. The van der Waals surface area contributed by atoms with Gasteiger partial charge in [0, 0.05) is 25.7 Å². The molecule has 3 heteroatoms. The molecule has 0 aliphatic heterocycles. The summed E-state index contributed by atoms with van der Waals surface area (Å²) in [5.41, 5.74) is 0. The van der Waals surface area contributed by atoms with E-state index in [0.717, 1.165) is 56.8 Å². The summed E-state index contributed by atoms with van der Waals surface area (Å²) in [7, 11) is 0. The maximum absolute atomic E-state index is 11.8. The van der Waals surface area contributed by atoms with Gasteiger partial charge in [0.25, 0.3) is 0 Å². The molecule has 3 saturated carbocycles. The Hall–Kier alpha value is -0.570. The van der Waals surface area contributed by atoms with Crippen molar-refractivity contribution in [2.45, 2.75) is 38.5 Å². The normalized spacial score (nSPS) is 34.5. The van der Waals surface area contributed by atoms with Crippen LogP contribution in [-0.2, 0) is 9.53 Å². The molecule has 0 aromatic rings. The zero-order valence-electron chi connectivity index (χ0n) is 10.5. The molecule has 3 rings (SSSR count). The molecule has 0 bridgehead atoms. The van der Waals surface area contributed by atoms with Crippen LogP contribution >= 0.6 is 0 Å². The van der Waals surface area contributed by atoms with E-state index < -0.39 is 0 Å². The molecule has 3 aliphatic rings. The van der Waals surface area contributed by atoms with Crippen LogP contribution in [0.4, 0.5) is 0 Å². The molecule has 3 nitrogen and oxygen atoms in total. The molecular formula is C14H23NO2. The third kappa shape index (κ3) is 3.21. The van der Waals surface area contributed by atoms with Crippen LogP contribution < -0.4 is 5.32 Å². The zero-order chi connectivity index (χ0) is 11.7. The Bertz CT molecular complexity index is 278. The largest absolute Gasteiger partial charge is 0.381 e. The van der Waals surface area contributed by atoms with Gasteiger partial charge in [-0.25, -0.2) is 0 Å². The lowest BCUT2D eigenvalue weighted by atomic mass is 10.0. The van der Waals surface area contributed by atoms with E-state index in [-0.39, 0.29) is 0 Å². The van der Waals surface area contributed by atoms with Crippen molar-refractivity contribution in [2.75, 3.05) is 19.8 Å². The summed E-state index contributed by atoms with van der Waals surface area (Å²) in [6, 6.07) is 0. The highest BCUT2D eigenvalue weighted by molar-refractivity contribution is 5.79. The number of carbonyl (C=O) groups excluding carboxylic acids is 1. The highest BCUT2D eigenvalue weighted by atomic mass is 16.5.